The Labute approximate surface area is 97.0 Å². The molecule has 1 aliphatic rings. The zero-order valence-electron chi connectivity index (χ0n) is 9.26. The van der Waals surface area contributed by atoms with Crippen LogP contribution in [-0.2, 0) is 5.54 Å². The van der Waals surface area contributed by atoms with E-state index in [9.17, 15) is 8.78 Å². The molecule has 2 aromatic rings. The SMILES string of the molecule is NC1(c2nc3c(F)c(F)ccc3[nH]2)CCCC1. The minimum atomic E-state index is -0.911. The van der Waals surface area contributed by atoms with Crippen LogP contribution in [0.15, 0.2) is 12.1 Å². The van der Waals surface area contributed by atoms with Crippen LogP contribution in [0.4, 0.5) is 8.78 Å². The molecular formula is C12H13F2N3. The number of hydrogen-bond acceptors (Lipinski definition) is 2. The highest BCUT2D eigenvalue weighted by Gasteiger charge is 2.34. The van der Waals surface area contributed by atoms with Crippen molar-refractivity contribution in [3.8, 4) is 0 Å². The average molecular weight is 237 g/mol. The quantitative estimate of drug-likeness (QED) is 0.800. The molecule has 1 aliphatic carbocycles. The minimum Gasteiger partial charge on any atom is -0.340 e. The van der Waals surface area contributed by atoms with Gasteiger partial charge in [-0.05, 0) is 25.0 Å². The van der Waals surface area contributed by atoms with Gasteiger partial charge in [0.05, 0.1) is 11.1 Å². The van der Waals surface area contributed by atoms with Gasteiger partial charge in [-0.2, -0.15) is 0 Å². The summed E-state index contributed by atoms with van der Waals surface area (Å²) in [7, 11) is 0. The summed E-state index contributed by atoms with van der Waals surface area (Å²) >= 11 is 0. The van der Waals surface area contributed by atoms with Gasteiger partial charge in [0.15, 0.2) is 11.6 Å². The molecule has 1 fully saturated rings. The van der Waals surface area contributed by atoms with Gasteiger partial charge in [-0.3, -0.25) is 0 Å². The van der Waals surface area contributed by atoms with Crippen molar-refractivity contribution in [3.05, 3.63) is 29.6 Å². The predicted octanol–water partition coefficient (Wildman–Crippen LogP) is 2.57. The van der Waals surface area contributed by atoms with Crippen LogP contribution in [0.3, 0.4) is 0 Å². The van der Waals surface area contributed by atoms with E-state index in [4.69, 9.17) is 5.73 Å². The van der Waals surface area contributed by atoms with Crippen LogP contribution >= 0.6 is 0 Å². The van der Waals surface area contributed by atoms with Gasteiger partial charge >= 0.3 is 0 Å². The number of H-pyrrole nitrogens is 1. The number of hydrogen-bond donors (Lipinski definition) is 2. The van der Waals surface area contributed by atoms with Gasteiger partial charge in [0.25, 0.3) is 0 Å². The third-order valence-corrected chi connectivity index (χ3v) is 3.51. The molecule has 0 unspecified atom stereocenters. The van der Waals surface area contributed by atoms with E-state index < -0.39 is 17.2 Å². The van der Waals surface area contributed by atoms with Crippen molar-refractivity contribution in [2.75, 3.05) is 0 Å². The Balaban J connectivity index is 2.17. The number of fused-ring (bicyclic) bond motifs is 1. The van der Waals surface area contributed by atoms with E-state index >= 15 is 0 Å². The topological polar surface area (TPSA) is 54.7 Å². The highest BCUT2D eigenvalue weighted by Crippen LogP contribution is 2.35. The van der Waals surface area contributed by atoms with E-state index in [1.807, 2.05) is 0 Å². The Hall–Kier alpha value is -1.49. The Morgan fingerprint density at radius 1 is 1.24 bits per heavy atom. The van der Waals surface area contributed by atoms with E-state index in [0.29, 0.717) is 11.3 Å². The van der Waals surface area contributed by atoms with Crippen LogP contribution in [0, 0.1) is 11.6 Å². The van der Waals surface area contributed by atoms with Crippen LogP contribution in [-0.4, -0.2) is 9.97 Å². The zero-order valence-corrected chi connectivity index (χ0v) is 9.26. The van der Waals surface area contributed by atoms with E-state index in [0.717, 1.165) is 31.7 Å². The number of nitrogens with two attached hydrogens (primary N) is 1. The molecule has 0 amide bonds. The van der Waals surface area contributed by atoms with Gasteiger partial charge in [-0.15, -0.1) is 0 Å². The normalized spacial score (nSPS) is 19.0. The Morgan fingerprint density at radius 3 is 2.65 bits per heavy atom. The highest BCUT2D eigenvalue weighted by molar-refractivity contribution is 5.76. The zero-order chi connectivity index (χ0) is 12.0. The molecule has 3 nitrogen and oxygen atoms in total. The van der Waals surface area contributed by atoms with Gasteiger partial charge in [0.1, 0.15) is 11.3 Å². The number of aromatic amines is 1. The first-order valence-electron chi connectivity index (χ1n) is 5.73. The summed E-state index contributed by atoms with van der Waals surface area (Å²) in [6, 6.07) is 2.58. The molecule has 0 bridgehead atoms. The van der Waals surface area contributed by atoms with Crippen LogP contribution in [0.2, 0.25) is 0 Å². The molecule has 0 saturated heterocycles. The van der Waals surface area contributed by atoms with Crippen molar-refractivity contribution in [2.45, 2.75) is 31.2 Å². The Morgan fingerprint density at radius 2 is 1.94 bits per heavy atom. The fourth-order valence-corrected chi connectivity index (χ4v) is 2.50. The summed E-state index contributed by atoms with van der Waals surface area (Å²) in [5.74, 6) is -1.23. The van der Waals surface area contributed by atoms with E-state index in [1.54, 1.807) is 0 Å². The van der Waals surface area contributed by atoms with Gasteiger partial charge in [-0.25, -0.2) is 13.8 Å². The fraction of sp³-hybridized carbons (Fsp3) is 0.417. The molecule has 90 valence electrons. The molecule has 3 rings (SSSR count). The molecular weight excluding hydrogens is 224 g/mol. The third kappa shape index (κ3) is 1.53. The smallest absolute Gasteiger partial charge is 0.186 e. The highest BCUT2D eigenvalue weighted by atomic mass is 19.2. The number of nitrogens with one attached hydrogen (secondary N) is 1. The van der Waals surface area contributed by atoms with Gasteiger partial charge in [0.2, 0.25) is 0 Å². The summed E-state index contributed by atoms with van der Waals surface area (Å²) in [5.41, 5.74) is 6.25. The number of imidazole rings is 1. The summed E-state index contributed by atoms with van der Waals surface area (Å²) in [6.07, 6.45) is 3.75. The van der Waals surface area contributed by atoms with Crippen molar-refractivity contribution in [2.24, 2.45) is 5.73 Å². The van der Waals surface area contributed by atoms with Crippen molar-refractivity contribution in [1.29, 1.82) is 0 Å². The minimum absolute atomic E-state index is 0.0386. The van der Waals surface area contributed by atoms with Crippen molar-refractivity contribution in [1.82, 2.24) is 9.97 Å². The van der Waals surface area contributed by atoms with Crippen molar-refractivity contribution in [3.63, 3.8) is 0 Å². The monoisotopic (exact) mass is 237 g/mol. The molecule has 0 radical (unpaired) electrons. The first kappa shape index (κ1) is 10.7. The predicted molar refractivity (Wildman–Crippen MR) is 60.3 cm³/mol. The molecule has 0 aliphatic heterocycles. The number of nitrogens with zero attached hydrogens (tertiary/aromatic N) is 1. The maximum Gasteiger partial charge on any atom is 0.186 e. The van der Waals surface area contributed by atoms with E-state index in [-0.39, 0.29) is 5.52 Å². The molecule has 3 N–H and O–H groups in total. The molecule has 0 spiro atoms. The molecule has 1 heterocycles. The van der Waals surface area contributed by atoms with Crippen molar-refractivity contribution < 1.29 is 8.78 Å². The summed E-state index contributed by atoms with van der Waals surface area (Å²) in [5, 5.41) is 0. The lowest BCUT2D eigenvalue weighted by Gasteiger charge is -2.19. The number of aromatic nitrogens is 2. The summed E-state index contributed by atoms with van der Waals surface area (Å²) in [6.45, 7) is 0. The van der Waals surface area contributed by atoms with Crippen LogP contribution in [0.25, 0.3) is 11.0 Å². The Bertz CT molecular complexity index is 570. The summed E-state index contributed by atoms with van der Waals surface area (Å²) in [4.78, 5) is 7.13. The lowest BCUT2D eigenvalue weighted by Crippen LogP contribution is -2.34. The van der Waals surface area contributed by atoms with Crippen LogP contribution in [0.1, 0.15) is 31.5 Å². The van der Waals surface area contributed by atoms with Gasteiger partial charge < -0.3 is 10.7 Å². The first-order chi connectivity index (χ1) is 8.10. The maximum absolute atomic E-state index is 13.5. The largest absolute Gasteiger partial charge is 0.340 e. The van der Waals surface area contributed by atoms with Crippen LogP contribution < -0.4 is 5.73 Å². The molecule has 17 heavy (non-hydrogen) atoms. The second kappa shape index (κ2) is 3.50. The van der Waals surface area contributed by atoms with Gasteiger partial charge in [-0.1, -0.05) is 12.8 Å². The molecule has 1 aromatic heterocycles. The lowest BCUT2D eigenvalue weighted by atomic mass is 9.99. The standard InChI is InChI=1S/C12H13F2N3/c13-7-3-4-8-10(9(7)14)17-11(16-8)12(15)5-1-2-6-12/h3-4H,1-2,5-6,15H2,(H,16,17). The molecule has 5 heteroatoms. The average Bonchev–Trinajstić information content (AvgIpc) is 2.91. The molecule has 1 aromatic carbocycles. The second-order valence-corrected chi connectivity index (χ2v) is 4.71. The first-order valence-corrected chi connectivity index (χ1v) is 5.73. The van der Waals surface area contributed by atoms with E-state index in [1.165, 1.54) is 6.07 Å². The van der Waals surface area contributed by atoms with Gasteiger partial charge in [0, 0.05) is 0 Å². The molecule has 1 saturated carbocycles. The third-order valence-electron chi connectivity index (χ3n) is 3.51. The van der Waals surface area contributed by atoms with Crippen LogP contribution in [0.5, 0.6) is 0 Å². The van der Waals surface area contributed by atoms with Crippen molar-refractivity contribution >= 4 is 11.0 Å². The van der Waals surface area contributed by atoms with E-state index in [2.05, 4.69) is 9.97 Å². The Kier molecular flexibility index (Phi) is 2.19. The molecule has 0 atom stereocenters. The summed E-state index contributed by atoms with van der Waals surface area (Å²) < 4.78 is 26.6. The lowest BCUT2D eigenvalue weighted by molar-refractivity contribution is 0.436. The number of halogens is 2. The maximum atomic E-state index is 13.5. The number of rotatable bonds is 1. The second-order valence-electron chi connectivity index (χ2n) is 4.71. The number of benzene rings is 1. The fourth-order valence-electron chi connectivity index (χ4n) is 2.50.